The van der Waals surface area contributed by atoms with Gasteiger partial charge in [0.25, 0.3) is 0 Å². The van der Waals surface area contributed by atoms with Crippen molar-refractivity contribution in [2.24, 2.45) is 17.3 Å². The van der Waals surface area contributed by atoms with E-state index in [2.05, 4.69) is 0 Å². The molecule has 0 amide bonds. The Labute approximate surface area is 144 Å². The maximum atomic E-state index is 13.1. The fraction of sp³-hybridized carbons (Fsp3) is 0.579. The van der Waals surface area contributed by atoms with Crippen molar-refractivity contribution in [3.63, 3.8) is 0 Å². The third-order valence-electron chi connectivity index (χ3n) is 6.67. The van der Waals surface area contributed by atoms with Gasteiger partial charge in [-0.2, -0.15) is 0 Å². The van der Waals surface area contributed by atoms with E-state index in [1.807, 2.05) is 13.0 Å². The quantitative estimate of drug-likeness (QED) is 0.788. The summed E-state index contributed by atoms with van der Waals surface area (Å²) >= 11 is 0. The predicted octanol–water partition coefficient (Wildman–Crippen LogP) is 2.64. The summed E-state index contributed by atoms with van der Waals surface area (Å²) in [5.74, 6) is -2.56. The van der Waals surface area contributed by atoms with Crippen LogP contribution in [0.5, 0.6) is 0 Å². The highest BCUT2D eigenvalue weighted by molar-refractivity contribution is 5.94. The number of rotatable bonds is 1. The van der Waals surface area contributed by atoms with E-state index in [9.17, 15) is 14.7 Å². The summed E-state index contributed by atoms with van der Waals surface area (Å²) in [7, 11) is 0. The number of furan rings is 1. The van der Waals surface area contributed by atoms with Gasteiger partial charge in [0.2, 0.25) is 5.79 Å². The summed E-state index contributed by atoms with van der Waals surface area (Å²) in [6.45, 7) is 1.95. The molecule has 3 heterocycles. The Morgan fingerprint density at radius 3 is 2.88 bits per heavy atom. The van der Waals surface area contributed by atoms with Gasteiger partial charge in [-0.25, -0.2) is 4.79 Å². The van der Waals surface area contributed by atoms with Crippen LogP contribution < -0.4 is 0 Å². The first-order chi connectivity index (χ1) is 12.0. The Morgan fingerprint density at radius 2 is 2.12 bits per heavy atom. The Balaban J connectivity index is 1.62. The molecule has 5 atom stereocenters. The summed E-state index contributed by atoms with van der Waals surface area (Å²) in [6, 6.07) is 1.81. The molecule has 2 aliphatic heterocycles. The largest absolute Gasteiger partial charge is 0.472 e. The molecule has 1 aromatic heterocycles. The standard InChI is InChI=1S/C19H20O6/c1-10-7-19(22)15-12(16(20)25-19)3-2-4-13(15)18(10)8-14(24-17(18)21)11-5-6-23-9-11/h5-6,9-10,13-14,22H,2-4,7-8H2,1H3/t10?,13?,14-,18+,19?/m1/s1. The first kappa shape index (κ1) is 15.2. The minimum Gasteiger partial charge on any atom is -0.472 e. The van der Waals surface area contributed by atoms with Gasteiger partial charge in [0.15, 0.2) is 0 Å². The van der Waals surface area contributed by atoms with E-state index in [0.29, 0.717) is 24.0 Å². The fourth-order valence-electron chi connectivity index (χ4n) is 5.57. The van der Waals surface area contributed by atoms with Gasteiger partial charge in [0.1, 0.15) is 6.10 Å². The van der Waals surface area contributed by atoms with Crippen LogP contribution in [0.25, 0.3) is 0 Å². The molecule has 2 aliphatic carbocycles. The van der Waals surface area contributed by atoms with Crippen molar-refractivity contribution in [3.8, 4) is 0 Å². The number of hydrogen-bond acceptors (Lipinski definition) is 6. The van der Waals surface area contributed by atoms with Gasteiger partial charge >= 0.3 is 11.9 Å². The zero-order valence-electron chi connectivity index (χ0n) is 14.0. The molecule has 6 nitrogen and oxygen atoms in total. The van der Waals surface area contributed by atoms with Crippen molar-refractivity contribution in [2.75, 3.05) is 0 Å². The number of fused-ring (bicyclic) bond motifs is 1. The third-order valence-corrected chi connectivity index (χ3v) is 6.67. The number of cyclic esters (lactones) is 1. The lowest BCUT2D eigenvalue weighted by molar-refractivity contribution is -0.205. The van der Waals surface area contributed by atoms with Crippen molar-refractivity contribution >= 4 is 11.9 Å². The molecular formula is C19H20O6. The van der Waals surface area contributed by atoms with E-state index in [1.165, 1.54) is 0 Å². The number of esters is 2. The lowest BCUT2D eigenvalue weighted by atomic mass is 9.53. The van der Waals surface area contributed by atoms with Crippen molar-refractivity contribution in [1.29, 1.82) is 0 Å². The highest BCUT2D eigenvalue weighted by atomic mass is 16.7. The average Bonchev–Trinajstić information content (AvgIpc) is 3.25. The van der Waals surface area contributed by atoms with Crippen LogP contribution >= 0.6 is 0 Å². The van der Waals surface area contributed by atoms with E-state index in [0.717, 1.165) is 18.4 Å². The number of carbonyl (C=O) groups is 2. The third kappa shape index (κ3) is 1.78. The average molecular weight is 344 g/mol. The Morgan fingerprint density at radius 1 is 1.28 bits per heavy atom. The number of carbonyl (C=O) groups excluding carboxylic acids is 2. The van der Waals surface area contributed by atoms with Gasteiger partial charge in [0.05, 0.1) is 17.9 Å². The molecule has 1 spiro atoms. The summed E-state index contributed by atoms with van der Waals surface area (Å²) < 4.78 is 16.2. The van der Waals surface area contributed by atoms with Crippen LogP contribution in [0.3, 0.4) is 0 Å². The molecular weight excluding hydrogens is 324 g/mol. The summed E-state index contributed by atoms with van der Waals surface area (Å²) in [5.41, 5.74) is 1.35. The van der Waals surface area contributed by atoms with Gasteiger partial charge < -0.3 is 19.0 Å². The van der Waals surface area contributed by atoms with E-state index in [1.54, 1.807) is 12.5 Å². The van der Waals surface area contributed by atoms with Gasteiger partial charge in [-0.15, -0.1) is 0 Å². The summed E-state index contributed by atoms with van der Waals surface area (Å²) in [5, 5.41) is 11.0. The molecule has 2 fully saturated rings. The molecule has 0 radical (unpaired) electrons. The minimum atomic E-state index is -1.55. The van der Waals surface area contributed by atoms with E-state index >= 15 is 0 Å². The summed E-state index contributed by atoms with van der Waals surface area (Å²) in [6.07, 6.45) is 5.79. The molecule has 0 bridgehead atoms. The van der Waals surface area contributed by atoms with Gasteiger partial charge in [-0.3, -0.25) is 4.79 Å². The first-order valence-electron chi connectivity index (χ1n) is 8.88. The predicted molar refractivity (Wildman–Crippen MR) is 83.8 cm³/mol. The highest BCUT2D eigenvalue weighted by Crippen LogP contribution is 2.64. The minimum absolute atomic E-state index is 0.152. The molecule has 25 heavy (non-hydrogen) atoms. The van der Waals surface area contributed by atoms with Crippen molar-refractivity contribution < 1.29 is 28.6 Å². The maximum Gasteiger partial charge on any atom is 0.336 e. The number of hydrogen-bond donors (Lipinski definition) is 1. The van der Waals surface area contributed by atoms with Crippen molar-refractivity contribution in [2.45, 2.75) is 50.9 Å². The van der Waals surface area contributed by atoms with Crippen LogP contribution in [0.1, 0.15) is 50.7 Å². The van der Waals surface area contributed by atoms with Crippen molar-refractivity contribution in [3.05, 3.63) is 35.3 Å². The molecule has 3 unspecified atom stereocenters. The second-order valence-corrected chi connectivity index (χ2v) is 7.81. The first-order valence-corrected chi connectivity index (χ1v) is 8.88. The van der Waals surface area contributed by atoms with E-state index in [-0.39, 0.29) is 30.3 Å². The Hall–Kier alpha value is -2.08. The molecule has 6 heteroatoms. The van der Waals surface area contributed by atoms with E-state index in [4.69, 9.17) is 13.9 Å². The van der Waals surface area contributed by atoms with Gasteiger partial charge in [-0.1, -0.05) is 6.92 Å². The maximum absolute atomic E-state index is 13.1. The molecule has 1 saturated carbocycles. The van der Waals surface area contributed by atoms with Crippen LogP contribution in [0, 0.1) is 17.3 Å². The molecule has 1 N–H and O–H groups in total. The Bertz CT molecular complexity index is 793. The number of aliphatic hydroxyl groups is 1. The summed E-state index contributed by atoms with van der Waals surface area (Å²) in [4.78, 5) is 25.3. The van der Waals surface area contributed by atoms with Crippen LogP contribution in [0.15, 0.2) is 34.2 Å². The van der Waals surface area contributed by atoms with Crippen LogP contribution in [0.4, 0.5) is 0 Å². The lowest BCUT2D eigenvalue weighted by Crippen LogP contribution is -2.54. The molecule has 4 aliphatic rings. The molecule has 1 aromatic rings. The monoisotopic (exact) mass is 344 g/mol. The Kier molecular flexibility index (Phi) is 2.89. The second kappa shape index (κ2) is 4.75. The molecule has 1 saturated heterocycles. The fourth-order valence-corrected chi connectivity index (χ4v) is 5.57. The van der Waals surface area contributed by atoms with Crippen LogP contribution in [-0.4, -0.2) is 22.8 Å². The normalized spacial score (nSPS) is 42.6. The van der Waals surface area contributed by atoms with Gasteiger partial charge in [0, 0.05) is 35.5 Å². The lowest BCUT2D eigenvalue weighted by Gasteiger charge is -2.49. The van der Waals surface area contributed by atoms with Crippen LogP contribution in [-0.2, 0) is 19.1 Å². The zero-order valence-corrected chi connectivity index (χ0v) is 14.0. The van der Waals surface area contributed by atoms with Gasteiger partial charge in [-0.05, 0) is 31.2 Å². The SMILES string of the molecule is CC1CC2(O)OC(=O)C3=C2C(CCC3)[C@]12C[C@H](c1ccoc1)OC2=O. The highest BCUT2D eigenvalue weighted by Gasteiger charge is 2.68. The molecule has 132 valence electrons. The van der Waals surface area contributed by atoms with Crippen LogP contribution in [0.2, 0.25) is 0 Å². The molecule has 5 rings (SSSR count). The second-order valence-electron chi connectivity index (χ2n) is 7.81. The van der Waals surface area contributed by atoms with Crippen molar-refractivity contribution in [1.82, 2.24) is 0 Å². The topological polar surface area (TPSA) is 86.0 Å². The number of ether oxygens (including phenoxy) is 2. The van der Waals surface area contributed by atoms with E-state index < -0.39 is 17.2 Å². The smallest absolute Gasteiger partial charge is 0.336 e. The molecule has 0 aromatic carbocycles. The zero-order chi connectivity index (χ0) is 17.4.